The van der Waals surface area contributed by atoms with E-state index >= 15 is 0 Å². The van der Waals surface area contributed by atoms with Crippen LogP contribution < -0.4 is 14.8 Å². The lowest BCUT2D eigenvalue weighted by Gasteiger charge is -2.44. The summed E-state index contributed by atoms with van der Waals surface area (Å²) in [5.74, 6) is 1.55. The molecule has 0 saturated carbocycles. The van der Waals surface area contributed by atoms with E-state index in [2.05, 4.69) is 10.2 Å². The maximum Gasteiger partial charge on any atom is 0.163 e. The average Bonchev–Trinajstić information content (AvgIpc) is 2.62. The first-order valence-corrected chi connectivity index (χ1v) is 9.26. The molecule has 24 heavy (non-hydrogen) atoms. The van der Waals surface area contributed by atoms with Gasteiger partial charge in [-0.2, -0.15) is 0 Å². The minimum Gasteiger partial charge on any atom is -0.486 e. The molecular weight excluding hydrogens is 328 g/mol. The van der Waals surface area contributed by atoms with Crippen LogP contribution in [0.5, 0.6) is 11.5 Å². The number of hydrogen-bond donors (Lipinski definition) is 1. The second-order valence-electron chi connectivity index (χ2n) is 6.98. The van der Waals surface area contributed by atoms with E-state index in [1.165, 1.54) is 0 Å². The summed E-state index contributed by atoms with van der Waals surface area (Å²) in [6, 6.07) is 5.53. The number of piperidine rings is 1. The molecule has 3 aliphatic rings. The lowest BCUT2D eigenvalue weighted by Crippen LogP contribution is -2.55. The molecule has 3 aliphatic heterocycles. The van der Waals surface area contributed by atoms with Crippen molar-refractivity contribution in [3.05, 3.63) is 23.2 Å². The van der Waals surface area contributed by atoms with E-state index in [0.717, 1.165) is 70.1 Å². The molecule has 2 saturated heterocycles. The summed E-state index contributed by atoms with van der Waals surface area (Å²) in [5, 5.41) is 4.15. The highest BCUT2D eigenvalue weighted by molar-refractivity contribution is 6.30. The Hall–Kier alpha value is -1.01. The van der Waals surface area contributed by atoms with Crippen molar-refractivity contribution in [2.75, 3.05) is 45.9 Å². The first-order valence-electron chi connectivity index (χ1n) is 8.89. The quantitative estimate of drug-likeness (QED) is 0.904. The summed E-state index contributed by atoms with van der Waals surface area (Å²) in [4.78, 5) is 2.51. The Kier molecular flexibility index (Phi) is 4.86. The molecular formula is C18H25ClN2O3. The number of nitrogens with one attached hydrogen (secondary N) is 1. The maximum atomic E-state index is 6.05. The third-order valence-corrected chi connectivity index (χ3v) is 5.53. The van der Waals surface area contributed by atoms with Crippen molar-refractivity contribution in [3.8, 4) is 11.5 Å². The fourth-order valence-corrected chi connectivity index (χ4v) is 3.93. The molecule has 4 rings (SSSR count). The number of rotatable bonds is 3. The van der Waals surface area contributed by atoms with Gasteiger partial charge in [0.2, 0.25) is 0 Å². The molecule has 1 N–H and O–H groups in total. The van der Waals surface area contributed by atoms with Crippen molar-refractivity contribution in [2.24, 2.45) is 0 Å². The highest BCUT2D eigenvalue weighted by atomic mass is 35.5. The Labute approximate surface area is 148 Å². The highest BCUT2D eigenvalue weighted by Crippen LogP contribution is 2.35. The predicted octanol–water partition coefficient (Wildman–Crippen LogP) is 2.32. The second kappa shape index (κ2) is 7.08. The molecule has 0 amide bonds. The molecule has 1 aromatic carbocycles. The number of hydrogen-bond acceptors (Lipinski definition) is 5. The van der Waals surface area contributed by atoms with Crippen LogP contribution in [0, 0.1) is 0 Å². The van der Waals surface area contributed by atoms with Crippen LogP contribution in [0.25, 0.3) is 0 Å². The maximum absolute atomic E-state index is 6.05. The summed E-state index contributed by atoms with van der Waals surface area (Å²) < 4.78 is 17.9. The van der Waals surface area contributed by atoms with E-state index in [1.807, 2.05) is 18.2 Å². The molecule has 6 heteroatoms. The zero-order valence-electron chi connectivity index (χ0n) is 13.9. The van der Waals surface area contributed by atoms with E-state index in [0.29, 0.717) is 11.6 Å². The van der Waals surface area contributed by atoms with Gasteiger partial charge in [-0.15, -0.1) is 0 Å². The molecule has 0 radical (unpaired) electrons. The van der Waals surface area contributed by atoms with Crippen LogP contribution in [0.15, 0.2) is 18.2 Å². The molecule has 0 aliphatic carbocycles. The van der Waals surface area contributed by atoms with Gasteiger partial charge in [0.05, 0.1) is 12.2 Å². The zero-order chi connectivity index (χ0) is 16.4. The minimum absolute atomic E-state index is 0.0783. The Bertz CT molecular complexity index is 567. The topological polar surface area (TPSA) is 43.0 Å². The minimum atomic E-state index is 0.0783. The van der Waals surface area contributed by atoms with Crippen LogP contribution in [-0.2, 0) is 4.74 Å². The molecule has 1 unspecified atom stereocenters. The normalized spacial score (nSPS) is 26.5. The van der Waals surface area contributed by atoms with Gasteiger partial charge in [0.1, 0.15) is 12.7 Å². The van der Waals surface area contributed by atoms with Crippen molar-refractivity contribution < 1.29 is 14.2 Å². The number of fused-ring (bicyclic) bond motifs is 1. The SMILES string of the molecule is Clc1ccc2c(c1)OC(CCN1CCC3(CC1)CNCCO3)CO2. The monoisotopic (exact) mass is 352 g/mol. The molecule has 5 nitrogen and oxygen atoms in total. The van der Waals surface area contributed by atoms with E-state index in [-0.39, 0.29) is 11.7 Å². The summed E-state index contributed by atoms with van der Waals surface area (Å²) >= 11 is 6.03. The lowest BCUT2D eigenvalue weighted by atomic mass is 9.90. The van der Waals surface area contributed by atoms with Gasteiger partial charge in [0, 0.05) is 50.2 Å². The Morgan fingerprint density at radius 2 is 2.12 bits per heavy atom. The predicted molar refractivity (Wildman–Crippen MR) is 93.2 cm³/mol. The fraction of sp³-hybridized carbons (Fsp3) is 0.667. The number of halogens is 1. The first kappa shape index (κ1) is 16.5. The molecule has 2 fully saturated rings. The Morgan fingerprint density at radius 3 is 2.92 bits per heavy atom. The van der Waals surface area contributed by atoms with Gasteiger partial charge in [0.25, 0.3) is 0 Å². The van der Waals surface area contributed by atoms with E-state index in [1.54, 1.807) is 0 Å². The number of likely N-dealkylation sites (tertiary alicyclic amines) is 1. The van der Waals surface area contributed by atoms with Gasteiger partial charge in [-0.05, 0) is 25.0 Å². The molecule has 1 spiro atoms. The van der Waals surface area contributed by atoms with Crippen LogP contribution in [0.1, 0.15) is 19.3 Å². The molecule has 1 aromatic rings. The van der Waals surface area contributed by atoms with Crippen molar-refractivity contribution in [2.45, 2.75) is 31.0 Å². The van der Waals surface area contributed by atoms with Crippen LogP contribution in [0.2, 0.25) is 5.02 Å². The standard InChI is InChI=1S/C18H25ClN2O3/c19-14-1-2-16-17(11-14)24-15(12-22-16)3-7-21-8-4-18(5-9-21)13-20-6-10-23-18/h1-2,11,15,20H,3-10,12-13H2. The number of benzene rings is 1. The third kappa shape index (κ3) is 3.64. The van der Waals surface area contributed by atoms with Crippen molar-refractivity contribution in [1.29, 1.82) is 0 Å². The van der Waals surface area contributed by atoms with Gasteiger partial charge in [-0.25, -0.2) is 0 Å². The zero-order valence-corrected chi connectivity index (χ0v) is 14.7. The van der Waals surface area contributed by atoms with Crippen molar-refractivity contribution in [1.82, 2.24) is 10.2 Å². The van der Waals surface area contributed by atoms with Crippen LogP contribution >= 0.6 is 11.6 Å². The summed E-state index contributed by atoms with van der Waals surface area (Å²) in [6.45, 7) is 6.66. The molecule has 132 valence electrons. The lowest BCUT2D eigenvalue weighted by molar-refractivity contribution is -0.100. The van der Waals surface area contributed by atoms with Gasteiger partial charge in [0.15, 0.2) is 11.5 Å². The van der Waals surface area contributed by atoms with E-state index < -0.39 is 0 Å². The molecule has 0 bridgehead atoms. The Morgan fingerprint density at radius 1 is 1.25 bits per heavy atom. The average molecular weight is 353 g/mol. The number of ether oxygens (including phenoxy) is 3. The van der Waals surface area contributed by atoms with Gasteiger partial charge < -0.3 is 24.4 Å². The Balaban J connectivity index is 1.25. The van der Waals surface area contributed by atoms with Gasteiger partial charge in [-0.1, -0.05) is 11.6 Å². The number of nitrogens with zero attached hydrogens (tertiary/aromatic N) is 1. The second-order valence-corrected chi connectivity index (χ2v) is 7.42. The van der Waals surface area contributed by atoms with Crippen LogP contribution in [0.4, 0.5) is 0 Å². The van der Waals surface area contributed by atoms with Crippen LogP contribution in [-0.4, -0.2) is 62.5 Å². The van der Waals surface area contributed by atoms with Crippen LogP contribution in [0.3, 0.4) is 0 Å². The summed E-state index contributed by atoms with van der Waals surface area (Å²) in [6.07, 6.45) is 3.29. The van der Waals surface area contributed by atoms with Gasteiger partial charge in [-0.3, -0.25) is 0 Å². The van der Waals surface area contributed by atoms with Crippen molar-refractivity contribution in [3.63, 3.8) is 0 Å². The highest BCUT2D eigenvalue weighted by Gasteiger charge is 2.37. The molecule has 0 aromatic heterocycles. The van der Waals surface area contributed by atoms with E-state index in [4.69, 9.17) is 25.8 Å². The van der Waals surface area contributed by atoms with Crippen molar-refractivity contribution >= 4 is 11.6 Å². The smallest absolute Gasteiger partial charge is 0.163 e. The first-order chi connectivity index (χ1) is 11.7. The number of morpholine rings is 1. The third-order valence-electron chi connectivity index (χ3n) is 5.29. The van der Waals surface area contributed by atoms with E-state index in [9.17, 15) is 0 Å². The van der Waals surface area contributed by atoms with Gasteiger partial charge >= 0.3 is 0 Å². The fourth-order valence-electron chi connectivity index (χ4n) is 3.77. The largest absolute Gasteiger partial charge is 0.486 e. The molecule has 3 heterocycles. The summed E-state index contributed by atoms with van der Waals surface area (Å²) in [5.41, 5.74) is 0.0783. The molecule has 1 atom stereocenters. The summed E-state index contributed by atoms with van der Waals surface area (Å²) in [7, 11) is 0.